The number of likely N-dealkylation sites (N-methyl/N-ethyl adjacent to an activating group) is 1. The summed E-state index contributed by atoms with van der Waals surface area (Å²) in [6.07, 6.45) is 0.378. The first-order valence-electron chi connectivity index (χ1n) is 5.36. The van der Waals surface area contributed by atoms with Crippen LogP contribution in [-0.4, -0.2) is 23.9 Å². The molecule has 3 nitrogen and oxygen atoms in total. The van der Waals surface area contributed by atoms with Gasteiger partial charge in [0, 0.05) is 5.69 Å². The summed E-state index contributed by atoms with van der Waals surface area (Å²) in [7, 11) is 1.82. The first-order chi connectivity index (χ1) is 7.54. The molecule has 1 atom stereocenters. The number of carbonyl (C=O) groups is 1. The minimum absolute atomic E-state index is 0.0965. The minimum atomic E-state index is -0.0965. The van der Waals surface area contributed by atoms with E-state index in [1.807, 2.05) is 39.1 Å². The predicted molar refractivity (Wildman–Crippen MR) is 68.3 cm³/mol. The highest BCUT2D eigenvalue weighted by atomic mass is 79.9. The van der Waals surface area contributed by atoms with E-state index >= 15 is 0 Å². The van der Waals surface area contributed by atoms with Gasteiger partial charge in [-0.2, -0.15) is 0 Å². The molecule has 16 heavy (non-hydrogen) atoms. The van der Waals surface area contributed by atoms with Gasteiger partial charge in [0.05, 0.1) is 12.5 Å². The molecule has 0 saturated heterocycles. The smallest absolute Gasteiger partial charge is 0.155 e. The van der Waals surface area contributed by atoms with Crippen LogP contribution in [-0.2, 0) is 11.2 Å². The van der Waals surface area contributed by atoms with Crippen LogP contribution in [0.5, 0.6) is 0 Å². The summed E-state index contributed by atoms with van der Waals surface area (Å²) in [6, 6.07) is 5.52. The second kappa shape index (κ2) is 6.11. The van der Waals surface area contributed by atoms with Crippen molar-refractivity contribution in [3.63, 3.8) is 0 Å². The van der Waals surface area contributed by atoms with E-state index in [0.717, 1.165) is 10.3 Å². The summed E-state index contributed by atoms with van der Waals surface area (Å²) < 4.78 is 0.767. The highest BCUT2D eigenvalue weighted by Crippen LogP contribution is 2.10. The number of pyridine rings is 1. The molecule has 0 aromatic carbocycles. The van der Waals surface area contributed by atoms with Gasteiger partial charge in [0.15, 0.2) is 5.78 Å². The van der Waals surface area contributed by atoms with E-state index in [4.69, 9.17) is 0 Å². The molecule has 88 valence electrons. The normalized spacial score (nSPS) is 12.8. The van der Waals surface area contributed by atoms with Crippen LogP contribution in [0.4, 0.5) is 0 Å². The lowest BCUT2D eigenvalue weighted by molar-refractivity contribution is -0.121. The molecule has 0 aliphatic heterocycles. The van der Waals surface area contributed by atoms with Gasteiger partial charge >= 0.3 is 0 Å². The van der Waals surface area contributed by atoms with Crippen molar-refractivity contribution in [1.82, 2.24) is 10.3 Å². The Morgan fingerprint density at radius 1 is 1.50 bits per heavy atom. The molecule has 1 N–H and O–H groups in total. The maximum atomic E-state index is 12.0. The highest BCUT2D eigenvalue weighted by Gasteiger charge is 2.20. The van der Waals surface area contributed by atoms with Crippen molar-refractivity contribution in [1.29, 1.82) is 0 Å². The lowest BCUT2D eigenvalue weighted by atomic mass is 9.97. The third-order valence-electron chi connectivity index (χ3n) is 2.45. The van der Waals surface area contributed by atoms with Gasteiger partial charge < -0.3 is 5.32 Å². The lowest BCUT2D eigenvalue weighted by Crippen LogP contribution is -2.39. The highest BCUT2D eigenvalue weighted by molar-refractivity contribution is 9.10. The van der Waals surface area contributed by atoms with E-state index in [1.165, 1.54) is 0 Å². The summed E-state index contributed by atoms with van der Waals surface area (Å²) in [4.78, 5) is 16.2. The zero-order valence-electron chi connectivity index (χ0n) is 9.83. The maximum absolute atomic E-state index is 12.0. The monoisotopic (exact) mass is 284 g/mol. The number of hydrogen-bond donors (Lipinski definition) is 1. The molecule has 1 aromatic heterocycles. The number of hydrogen-bond acceptors (Lipinski definition) is 3. The van der Waals surface area contributed by atoms with Crippen molar-refractivity contribution >= 4 is 21.7 Å². The van der Waals surface area contributed by atoms with Crippen molar-refractivity contribution in [3.05, 3.63) is 28.5 Å². The predicted octanol–water partition coefficient (Wildman–Crippen LogP) is 2.20. The number of carbonyl (C=O) groups excluding carboxylic acids is 1. The standard InChI is InChI=1S/C12H17BrN2O/c1-8(2)12(14-3)10(16)7-9-5-4-6-11(13)15-9/h4-6,8,12,14H,7H2,1-3H3/t12-/m0/s1. The summed E-state index contributed by atoms with van der Waals surface area (Å²) in [5.41, 5.74) is 0.806. The van der Waals surface area contributed by atoms with Crippen LogP contribution in [0.2, 0.25) is 0 Å². The summed E-state index contributed by atoms with van der Waals surface area (Å²) in [6.45, 7) is 4.07. The molecule has 0 fully saturated rings. The fourth-order valence-corrected chi connectivity index (χ4v) is 2.08. The van der Waals surface area contributed by atoms with E-state index in [0.29, 0.717) is 12.3 Å². The Balaban J connectivity index is 2.70. The lowest BCUT2D eigenvalue weighted by Gasteiger charge is -2.18. The fraction of sp³-hybridized carbons (Fsp3) is 0.500. The van der Waals surface area contributed by atoms with Gasteiger partial charge in [-0.15, -0.1) is 0 Å². The average Bonchev–Trinajstić information content (AvgIpc) is 2.17. The van der Waals surface area contributed by atoms with Crippen LogP contribution in [0.25, 0.3) is 0 Å². The van der Waals surface area contributed by atoms with Gasteiger partial charge in [-0.05, 0) is 41.0 Å². The van der Waals surface area contributed by atoms with Gasteiger partial charge in [0.1, 0.15) is 4.60 Å². The zero-order valence-corrected chi connectivity index (χ0v) is 11.4. The van der Waals surface area contributed by atoms with Crippen LogP contribution in [0.1, 0.15) is 19.5 Å². The molecule has 0 bridgehead atoms. The van der Waals surface area contributed by atoms with E-state index in [-0.39, 0.29) is 11.8 Å². The fourth-order valence-electron chi connectivity index (χ4n) is 1.70. The average molecular weight is 285 g/mol. The van der Waals surface area contributed by atoms with E-state index in [2.05, 4.69) is 26.2 Å². The van der Waals surface area contributed by atoms with Gasteiger partial charge in [0.2, 0.25) is 0 Å². The van der Waals surface area contributed by atoms with Gasteiger partial charge in [-0.3, -0.25) is 4.79 Å². The van der Waals surface area contributed by atoms with Gasteiger partial charge in [-0.1, -0.05) is 19.9 Å². The molecular weight excluding hydrogens is 268 g/mol. The number of ketones is 1. The summed E-state index contributed by atoms with van der Waals surface area (Å²) in [5.74, 6) is 0.479. The number of nitrogens with one attached hydrogen (secondary N) is 1. The Hall–Kier alpha value is -0.740. The third-order valence-corrected chi connectivity index (χ3v) is 2.89. The molecule has 0 radical (unpaired) electrons. The molecule has 1 aromatic rings. The second-order valence-corrected chi connectivity index (χ2v) is 4.92. The van der Waals surface area contributed by atoms with Crippen LogP contribution < -0.4 is 5.32 Å². The quantitative estimate of drug-likeness (QED) is 0.843. The third kappa shape index (κ3) is 3.68. The Bertz CT molecular complexity index is 366. The van der Waals surface area contributed by atoms with E-state index < -0.39 is 0 Å². The topological polar surface area (TPSA) is 42.0 Å². The van der Waals surface area contributed by atoms with E-state index in [9.17, 15) is 4.79 Å². The molecule has 4 heteroatoms. The Labute approximate surface area is 105 Å². The number of rotatable bonds is 5. The first kappa shape index (κ1) is 13.3. The number of nitrogens with zero attached hydrogens (tertiary/aromatic N) is 1. The molecule has 1 rings (SSSR count). The molecule has 0 spiro atoms. The zero-order chi connectivity index (χ0) is 12.1. The maximum Gasteiger partial charge on any atom is 0.155 e. The first-order valence-corrected chi connectivity index (χ1v) is 6.15. The summed E-state index contributed by atoms with van der Waals surface area (Å²) in [5, 5.41) is 3.05. The largest absolute Gasteiger partial charge is 0.310 e. The molecule has 0 amide bonds. The van der Waals surface area contributed by atoms with Gasteiger partial charge in [-0.25, -0.2) is 4.98 Å². The minimum Gasteiger partial charge on any atom is -0.310 e. The van der Waals surface area contributed by atoms with Crippen LogP contribution in [0, 0.1) is 5.92 Å². The Morgan fingerprint density at radius 2 is 2.19 bits per heavy atom. The molecule has 0 aliphatic rings. The molecular formula is C12H17BrN2O. The second-order valence-electron chi connectivity index (χ2n) is 4.11. The van der Waals surface area contributed by atoms with Crippen molar-refractivity contribution < 1.29 is 4.79 Å². The van der Waals surface area contributed by atoms with Crippen molar-refractivity contribution in [2.45, 2.75) is 26.3 Å². The number of halogens is 1. The molecule has 0 unspecified atom stereocenters. The Kier molecular flexibility index (Phi) is 5.09. The molecule has 0 saturated carbocycles. The number of aromatic nitrogens is 1. The van der Waals surface area contributed by atoms with Crippen LogP contribution >= 0.6 is 15.9 Å². The molecule has 1 heterocycles. The van der Waals surface area contributed by atoms with Crippen molar-refractivity contribution in [2.24, 2.45) is 5.92 Å². The van der Waals surface area contributed by atoms with Crippen LogP contribution in [0.3, 0.4) is 0 Å². The van der Waals surface area contributed by atoms with Crippen LogP contribution in [0.15, 0.2) is 22.8 Å². The number of Topliss-reactive ketones (excluding diaryl/α,β-unsaturated/α-hetero) is 1. The van der Waals surface area contributed by atoms with Crippen molar-refractivity contribution in [2.75, 3.05) is 7.05 Å². The van der Waals surface area contributed by atoms with Crippen molar-refractivity contribution in [3.8, 4) is 0 Å². The van der Waals surface area contributed by atoms with E-state index in [1.54, 1.807) is 0 Å². The SMILES string of the molecule is CN[C@H](C(=O)Cc1cccc(Br)n1)C(C)C. The molecule has 0 aliphatic carbocycles. The Morgan fingerprint density at radius 3 is 2.69 bits per heavy atom. The van der Waals surface area contributed by atoms with Gasteiger partial charge in [0.25, 0.3) is 0 Å². The summed E-state index contributed by atoms with van der Waals surface area (Å²) >= 11 is 3.30.